The van der Waals surface area contributed by atoms with Crippen LogP contribution in [0.3, 0.4) is 0 Å². The van der Waals surface area contributed by atoms with E-state index in [1.807, 2.05) is 6.20 Å². The number of hydrogen-bond acceptors (Lipinski definition) is 7. The number of hydrogen-bond donors (Lipinski definition) is 0. The zero-order valence-electron chi connectivity index (χ0n) is 15.3. The van der Waals surface area contributed by atoms with Gasteiger partial charge in [0.1, 0.15) is 27.5 Å². The first-order chi connectivity index (χ1) is 12.6. The maximum Gasteiger partial charge on any atom is 0.109 e. The molecule has 1 aromatic rings. The molecule has 8 nitrogen and oxygen atoms in total. The van der Waals surface area contributed by atoms with Crippen LogP contribution in [0.4, 0.5) is 0 Å². The molecule has 3 rings (SSSR count). The van der Waals surface area contributed by atoms with Crippen molar-refractivity contribution in [2.24, 2.45) is 5.92 Å². The summed E-state index contributed by atoms with van der Waals surface area (Å²) in [5.41, 5.74) is 0.757. The lowest BCUT2D eigenvalue weighted by molar-refractivity contribution is -0.0469. The third kappa shape index (κ3) is 5.07. The lowest BCUT2D eigenvalue weighted by Crippen LogP contribution is -2.28. The fourth-order valence-electron chi connectivity index (χ4n) is 3.53. The lowest BCUT2D eigenvalue weighted by Gasteiger charge is -2.17. The zero-order chi connectivity index (χ0) is 18.5. The van der Waals surface area contributed by atoms with Gasteiger partial charge in [0.2, 0.25) is 0 Å². The maximum absolute atomic E-state index is 5.89. The Morgan fingerprint density at radius 3 is 2.69 bits per heavy atom. The molecule has 0 spiro atoms. The quantitative estimate of drug-likeness (QED) is 0.556. The average Bonchev–Trinajstić information content (AvgIpc) is 3.28. The lowest BCUT2D eigenvalue weighted by atomic mass is 9.91. The highest BCUT2D eigenvalue weighted by molar-refractivity contribution is 6.11. The molecule has 0 amide bonds. The van der Waals surface area contributed by atoms with Crippen LogP contribution in [0.5, 0.6) is 0 Å². The summed E-state index contributed by atoms with van der Waals surface area (Å²) in [4.78, 5) is 0. The van der Waals surface area contributed by atoms with Crippen molar-refractivity contribution in [1.82, 2.24) is 15.0 Å². The van der Waals surface area contributed by atoms with Crippen LogP contribution < -0.4 is 0 Å². The predicted octanol–water partition coefficient (Wildman–Crippen LogP) is -0.361. The van der Waals surface area contributed by atoms with E-state index in [9.17, 15) is 0 Å². The molecule has 1 aromatic heterocycles. The molecule has 0 aromatic carbocycles. The minimum atomic E-state index is -0.297. The summed E-state index contributed by atoms with van der Waals surface area (Å²) in [7, 11) is 15.0. The highest BCUT2D eigenvalue weighted by atomic mass is 16.6. The van der Waals surface area contributed by atoms with Gasteiger partial charge in [-0.3, -0.25) is 4.68 Å². The molecule has 0 N–H and O–H groups in total. The summed E-state index contributed by atoms with van der Waals surface area (Å²) in [5, 5.41) is 8.32. The topological polar surface area (TPSA) is 76.9 Å². The monoisotopic (exact) mass is 361 g/mol. The maximum atomic E-state index is 5.89. The smallest absolute Gasteiger partial charge is 0.109 e. The molecule has 0 aliphatic carbocycles. The predicted molar refractivity (Wildman–Crippen MR) is 93.9 cm³/mol. The first-order valence-electron chi connectivity index (χ1n) is 8.89. The average molecular weight is 361 g/mol. The summed E-state index contributed by atoms with van der Waals surface area (Å²) in [6.07, 6.45) is 3.12. The van der Waals surface area contributed by atoms with Gasteiger partial charge in [-0.05, 0) is 12.8 Å². The molecular weight excluding hydrogens is 336 g/mol. The fourth-order valence-corrected chi connectivity index (χ4v) is 3.53. The molecule has 2 saturated heterocycles. The first-order valence-corrected chi connectivity index (χ1v) is 8.89. The Balaban J connectivity index is 1.44. The molecule has 0 unspecified atom stereocenters. The molecule has 0 bridgehead atoms. The third-order valence-corrected chi connectivity index (χ3v) is 4.81. The van der Waals surface area contributed by atoms with E-state index >= 15 is 0 Å². The van der Waals surface area contributed by atoms with Gasteiger partial charge in [0, 0.05) is 38.7 Å². The number of methoxy groups -OCH3 is 2. The minimum absolute atomic E-state index is 0.0198. The van der Waals surface area contributed by atoms with Gasteiger partial charge in [-0.1, -0.05) is 5.21 Å². The number of nitrogens with zero attached hydrogens (tertiary/aromatic N) is 3. The van der Waals surface area contributed by atoms with E-state index in [1.54, 1.807) is 18.9 Å². The summed E-state index contributed by atoms with van der Waals surface area (Å²) >= 11 is 0. The highest BCUT2D eigenvalue weighted by Crippen LogP contribution is 2.26. The van der Waals surface area contributed by atoms with E-state index in [1.165, 1.54) is 0 Å². The van der Waals surface area contributed by atoms with Crippen LogP contribution in [0.15, 0.2) is 6.20 Å². The van der Waals surface area contributed by atoms with Crippen molar-refractivity contribution in [3.8, 4) is 0 Å². The number of ether oxygens (including phenoxy) is 5. The van der Waals surface area contributed by atoms with E-state index in [-0.39, 0.29) is 36.2 Å². The molecule has 4 radical (unpaired) electrons. The van der Waals surface area contributed by atoms with Gasteiger partial charge in [0.25, 0.3) is 0 Å². The Kier molecular flexibility index (Phi) is 7.11. The molecule has 2 aliphatic heterocycles. The van der Waals surface area contributed by atoms with E-state index in [0.717, 1.165) is 12.1 Å². The van der Waals surface area contributed by atoms with E-state index in [0.29, 0.717) is 32.8 Å². The van der Waals surface area contributed by atoms with Crippen LogP contribution in [-0.2, 0) is 36.8 Å². The fraction of sp³-hybridized carbons (Fsp3) is 0.875. The van der Waals surface area contributed by atoms with Crippen LogP contribution in [0, 0.1) is 5.92 Å². The number of aromatic nitrogens is 3. The van der Waals surface area contributed by atoms with Crippen molar-refractivity contribution in [3.05, 3.63) is 11.9 Å². The van der Waals surface area contributed by atoms with Gasteiger partial charge >= 0.3 is 0 Å². The van der Waals surface area contributed by atoms with Crippen LogP contribution in [0.2, 0.25) is 0 Å². The van der Waals surface area contributed by atoms with Crippen molar-refractivity contribution in [1.29, 1.82) is 0 Å². The Labute approximate surface area is 156 Å². The Morgan fingerprint density at radius 1 is 1.15 bits per heavy atom. The van der Waals surface area contributed by atoms with E-state index in [2.05, 4.69) is 10.3 Å². The summed E-state index contributed by atoms with van der Waals surface area (Å²) in [5.74, 6) is 0.247. The van der Waals surface area contributed by atoms with Gasteiger partial charge in [-0.2, -0.15) is 0 Å². The second-order valence-electron chi connectivity index (χ2n) is 6.83. The van der Waals surface area contributed by atoms with Crippen LogP contribution in [-0.4, -0.2) is 88.4 Å². The minimum Gasteiger partial charge on any atom is -0.382 e. The molecule has 140 valence electrons. The van der Waals surface area contributed by atoms with Crippen molar-refractivity contribution >= 4 is 15.7 Å². The zero-order valence-corrected chi connectivity index (χ0v) is 15.3. The Bertz CT molecular complexity index is 564. The summed E-state index contributed by atoms with van der Waals surface area (Å²) in [6.45, 7) is 1.96. The Hall–Kier alpha value is -0.930. The van der Waals surface area contributed by atoms with Crippen LogP contribution in [0.1, 0.15) is 18.5 Å². The largest absolute Gasteiger partial charge is 0.382 e. The molecule has 10 heteroatoms. The number of rotatable bonds is 9. The van der Waals surface area contributed by atoms with Crippen molar-refractivity contribution in [3.63, 3.8) is 0 Å². The second kappa shape index (κ2) is 9.32. The van der Waals surface area contributed by atoms with Crippen LogP contribution >= 0.6 is 0 Å². The van der Waals surface area contributed by atoms with Gasteiger partial charge in [0.15, 0.2) is 0 Å². The molecule has 3 heterocycles. The van der Waals surface area contributed by atoms with Gasteiger partial charge in [-0.15, -0.1) is 5.10 Å². The van der Waals surface area contributed by atoms with E-state index in [4.69, 9.17) is 39.4 Å². The van der Waals surface area contributed by atoms with Crippen LogP contribution in [0.25, 0.3) is 0 Å². The normalized spacial score (nSPS) is 34.5. The van der Waals surface area contributed by atoms with Gasteiger partial charge in [0.05, 0.1) is 38.2 Å². The van der Waals surface area contributed by atoms with Gasteiger partial charge < -0.3 is 23.7 Å². The third-order valence-electron chi connectivity index (χ3n) is 4.81. The molecular formula is C16H25B2N3O5. The van der Waals surface area contributed by atoms with Crippen molar-refractivity contribution < 1.29 is 23.7 Å². The molecule has 2 aliphatic rings. The highest BCUT2D eigenvalue weighted by Gasteiger charge is 2.34. The Morgan fingerprint density at radius 2 is 1.92 bits per heavy atom. The first kappa shape index (κ1) is 19.8. The molecule has 0 saturated carbocycles. The van der Waals surface area contributed by atoms with Gasteiger partial charge in [-0.25, -0.2) is 0 Å². The molecule has 6 atom stereocenters. The summed E-state index contributed by atoms with van der Waals surface area (Å²) < 4.78 is 29.3. The molecule has 2 fully saturated rings. The summed E-state index contributed by atoms with van der Waals surface area (Å²) in [6, 6.07) is -0.549. The van der Waals surface area contributed by atoms with E-state index < -0.39 is 0 Å². The SMILES string of the molecule is [B][C@H]1C[C@@H](Cn2cc(COC[C@H]3O[C@@H]([B])C[C@H]3OC)nn2)[C@@H](COC)O1. The standard InChI is InChI=1S/C16H25B2N3O5/c1-22-8-13-10(3-15(17)25-13)5-21-6-11(19-20-21)7-24-9-14-12(23-2)4-16(18)26-14/h6,10,12-16H,3-5,7-9H2,1-2H3/t10-,12+,13+,14+,15+,16+/m0/s1. The van der Waals surface area contributed by atoms with Crippen molar-refractivity contribution in [2.75, 3.05) is 27.4 Å². The molecule has 26 heavy (non-hydrogen) atoms. The van der Waals surface area contributed by atoms with Crippen molar-refractivity contribution in [2.45, 2.75) is 56.3 Å². The second-order valence-corrected chi connectivity index (χ2v) is 6.83.